The number of hydrogen-bond acceptors (Lipinski definition) is 6. The lowest BCUT2D eigenvalue weighted by molar-refractivity contribution is 0.181. The van der Waals surface area contributed by atoms with Gasteiger partial charge in [-0.1, -0.05) is 36.7 Å². The second-order valence-electron chi connectivity index (χ2n) is 8.32. The molecule has 1 aliphatic heterocycles. The van der Waals surface area contributed by atoms with Crippen molar-refractivity contribution in [1.29, 1.82) is 0 Å². The monoisotopic (exact) mass is 473 g/mol. The smallest absolute Gasteiger partial charge is 0.178 e. The Hall–Kier alpha value is -2.35. The van der Waals surface area contributed by atoms with Gasteiger partial charge in [0.1, 0.15) is 11.6 Å². The third-order valence-electron chi connectivity index (χ3n) is 5.84. The molecule has 32 heavy (non-hydrogen) atoms. The molecular weight excluding hydrogens is 446 g/mol. The Morgan fingerprint density at radius 2 is 2.03 bits per heavy atom. The van der Waals surface area contributed by atoms with E-state index in [1.807, 2.05) is 38.4 Å². The van der Waals surface area contributed by atoms with Crippen LogP contribution in [-0.4, -0.2) is 57.3 Å². The average Bonchev–Trinajstić information content (AvgIpc) is 3.15. The molecule has 8 heteroatoms. The van der Waals surface area contributed by atoms with E-state index in [1.165, 1.54) is 0 Å². The van der Waals surface area contributed by atoms with Gasteiger partial charge in [0, 0.05) is 24.2 Å². The summed E-state index contributed by atoms with van der Waals surface area (Å²) in [6.07, 6.45) is 6.56. The molecular formula is C24H28ClN3O3S. The zero-order chi connectivity index (χ0) is 22.9. The Labute approximate surface area is 194 Å². The first-order chi connectivity index (χ1) is 15.3. The highest BCUT2D eigenvalue weighted by molar-refractivity contribution is 7.91. The van der Waals surface area contributed by atoms with E-state index in [0.717, 1.165) is 41.2 Å². The highest BCUT2D eigenvalue weighted by atomic mass is 35.5. The minimum absolute atomic E-state index is 0.0658. The van der Waals surface area contributed by atoms with Crippen LogP contribution < -0.4 is 5.32 Å². The van der Waals surface area contributed by atoms with Crippen LogP contribution in [-0.2, 0) is 14.6 Å². The number of rotatable bonds is 8. The molecule has 2 aromatic rings. The molecule has 170 valence electrons. The predicted molar refractivity (Wildman–Crippen MR) is 129 cm³/mol. The lowest BCUT2D eigenvalue weighted by atomic mass is 9.80. The number of hydrogen-bond donors (Lipinski definition) is 1. The normalized spacial score (nSPS) is 19.7. The zero-order valence-corrected chi connectivity index (χ0v) is 20.1. The molecule has 0 radical (unpaired) electrons. The third-order valence-corrected chi connectivity index (χ3v) is 7.78. The molecule has 1 aliphatic carbocycles. The van der Waals surface area contributed by atoms with Crippen molar-refractivity contribution in [2.45, 2.75) is 30.2 Å². The summed E-state index contributed by atoms with van der Waals surface area (Å²) in [5.41, 5.74) is 2.87. The van der Waals surface area contributed by atoms with E-state index in [2.05, 4.69) is 15.2 Å². The predicted octanol–water partition coefficient (Wildman–Crippen LogP) is 4.36. The molecule has 2 unspecified atom stereocenters. The number of ether oxygens (including phenoxy) is 1. The summed E-state index contributed by atoms with van der Waals surface area (Å²) < 4.78 is 31.1. The van der Waals surface area contributed by atoms with Crippen molar-refractivity contribution in [3.05, 3.63) is 70.6 Å². The summed E-state index contributed by atoms with van der Waals surface area (Å²) >= 11 is 6.28. The van der Waals surface area contributed by atoms with Gasteiger partial charge in [0.25, 0.3) is 0 Å². The van der Waals surface area contributed by atoms with Crippen LogP contribution in [0.3, 0.4) is 0 Å². The van der Waals surface area contributed by atoms with E-state index in [-0.39, 0.29) is 17.7 Å². The Bertz CT molecular complexity index is 1170. The summed E-state index contributed by atoms with van der Waals surface area (Å²) in [5, 5.41) is 4.05. The summed E-state index contributed by atoms with van der Waals surface area (Å²) in [7, 11) is 0.786. The number of sulfone groups is 1. The quantitative estimate of drug-likeness (QED) is 0.574. The molecule has 4 rings (SSSR count). The van der Waals surface area contributed by atoms with Crippen LogP contribution in [0.5, 0.6) is 0 Å². The van der Waals surface area contributed by atoms with Crippen molar-refractivity contribution in [2.75, 3.05) is 38.3 Å². The molecule has 2 aliphatic rings. The number of pyridine rings is 1. The van der Waals surface area contributed by atoms with Gasteiger partial charge < -0.3 is 15.0 Å². The number of fused-ring (bicyclic) bond motifs is 3. The molecule has 1 N–H and O–H groups in total. The van der Waals surface area contributed by atoms with E-state index in [0.29, 0.717) is 16.5 Å². The first-order valence-electron chi connectivity index (χ1n) is 10.7. The van der Waals surface area contributed by atoms with Gasteiger partial charge >= 0.3 is 0 Å². The first-order valence-corrected chi connectivity index (χ1v) is 12.8. The van der Waals surface area contributed by atoms with E-state index in [9.17, 15) is 8.42 Å². The number of anilines is 1. The number of aromatic nitrogens is 1. The fraction of sp³-hybridized carbons (Fsp3) is 0.375. The van der Waals surface area contributed by atoms with Crippen molar-refractivity contribution in [1.82, 2.24) is 9.88 Å². The molecule has 0 saturated heterocycles. The summed E-state index contributed by atoms with van der Waals surface area (Å²) in [5.74, 6) is 1.61. The maximum atomic E-state index is 12.5. The van der Waals surface area contributed by atoms with Crippen molar-refractivity contribution >= 4 is 32.8 Å². The molecule has 0 amide bonds. The van der Waals surface area contributed by atoms with Crippen LogP contribution in [0.1, 0.15) is 30.4 Å². The Morgan fingerprint density at radius 3 is 2.78 bits per heavy atom. The Morgan fingerprint density at radius 1 is 1.22 bits per heavy atom. The summed E-state index contributed by atoms with van der Waals surface area (Å²) in [6.45, 7) is 3.23. The lowest BCUT2D eigenvalue weighted by Gasteiger charge is -2.29. The van der Waals surface area contributed by atoms with Crippen molar-refractivity contribution in [2.24, 2.45) is 0 Å². The van der Waals surface area contributed by atoms with E-state index in [4.69, 9.17) is 16.3 Å². The SMILES string of the molecule is CCS(=O)(=O)c1cccc(C2=CC=C(OCCCN(C)C)C3Nc4ncc(Cl)cc4C23)c1. The molecule has 0 saturated carbocycles. The van der Waals surface area contributed by atoms with Crippen LogP contribution in [0.15, 0.2) is 59.3 Å². The molecule has 6 nitrogen and oxygen atoms in total. The Kier molecular flexibility index (Phi) is 6.60. The van der Waals surface area contributed by atoms with Crippen LogP contribution in [0.25, 0.3) is 5.57 Å². The average molecular weight is 474 g/mol. The molecule has 2 atom stereocenters. The fourth-order valence-electron chi connectivity index (χ4n) is 4.20. The second kappa shape index (κ2) is 9.25. The minimum atomic E-state index is -3.30. The number of halogens is 1. The molecule has 0 spiro atoms. The van der Waals surface area contributed by atoms with Crippen molar-refractivity contribution in [3.8, 4) is 0 Å². The van der Waals surface area contributed by atoms with Gasteiger partial charge in [-0.15, -0.1) is 0 Å². The van der Waals surface area contributed by atoms with Crippen LogP contribution >= 0.6 is 11.6 Å². The maximum absolute atomic E-state index is 12.5. The van der Waals surface area contributed by atoms with Crippen LogP contribution in [0.4, 0.5) is 5.82 Å². The molecule has 1 aromatic carbocycles. The topological polar surface area (TPSA) is 71.5 Å². The number of nitrogens with one attached hydrogen (secondary N) is 1. The lowest BCUT2D eigenvalue weighted by Crippen LogP contribution is -2.28. The third kappa shape index (κ3) is 4.56. The van der Waals surface area contributed by atoms with Crippen molar-refractivity contribution < 1.29 is 13.2 Å². The zero-order valence-electron chi connectivity index (χ0n) is 18.5. The molecule has 0 bridgehead atoms. The molecule has 2 heterocycles. The highest BCUT2D eigenvalue weighted by Gasteiger charge is 2.41. The summed E-state index contributed by atoms with van der Waals surface area (Å²) in [4.78, 5) is 6.94. The first kappa shape index (κ1) is 22.8. The van der Waals surface area contributed by atoms with Gasteiger partial charge in [0.15, 0.2) is 9.84 Å². The van der Waals surface area contributed by atoms with E-state index in [1.54, 1.807) is 31.3 Å². The molecule has 1 aromatic heterocycles. The van der Waals surface area contributed by atoms with Gasteiger partial charge in [-0.2, -0.15) is 0 Å². The van der Waals surface area contributed by atoms with Gasteiger partial charge in [0.05, 0.1) is 28.3 Å². The largest absolute Gasteiger partial charge is 0.496 e. The van der Waals surface area contributed by atoms with Crippen LogP contribution in [0.2, 0.25) is 5.02 Å². The maximum Gasteiger partial charge on any atom is 0.178 e. The van der Waals surface area contributed by atoms with Gasteiger partial charge in [-0.05, 0) is 55.9 Å². The fourth-order valence-corrected chi connectivity index (χ4v) is 5.30. The number of benzene rings is 1. The van der Waals surface area contributed by atoms with Crippen molar-refractivity contribution in [3.63, 3.8) is 0 Å². The minimum Gasteiger partial charge on any atom is -0.496 e. The van der Waals surface area contributed by atoms with Crippen LogP contribution in [0, 0.1) is 0 Å². The van der Waals surface area contributed by atoms with Gasteiger partial charge in [-0.25, -0.2) is 13.4 Å². The summed E-state index contributed by atoms with van der Waals surface area (Å²) in [6, 6.07) is 8.96. The number of allylic oxidation sites excluding steroid dienone is 2. The number of nitrogens with zero attached hydrogens (tertiary/aromatic N) is 2. The standard InChI is InChI=1S/C24H28ClN3O3S/c1-4-32(29,30)18-8-5-7-16(13-18)19-9-10-21(31-12-6-11-28(2)3)23-22(19)20-14-17(25)15-26-24(20)27-23/h5,7-10,13-15,22-23H,4,6,11-12H2,1-3H3,(H,26,27). The van der Waals surface area contributed by atoms with E-state index < -0.39 is 9.84 Å². The second-order valence-corrected chi connectivity index (χ2v) is 11.0. The molecule has 0 fully saturated rings. The Balaban J connectivity index is 1.72. The van der Waals surface area contributed by atoms with Gasteiger partial charge in [-0.3, -0.25) is 0 Å². The highest BCUT2D eigenvalue weighted by Crippen LogP contribution is 2.48. The van der Waals surface area contributed by atoms with E-state index >= 15 is 0 Å². The van der Waals surface area contributed by atoms with Gasteiger partial charge in [0.2, 0.25) is 0 Å².